The van der Waals surface area contributed by atoms with Crippen molar-refractivity contribution in [3.8, 4) is 5.75 Å². The fraction of sp³-hybridized carbons (Fsp3) is 0.308. The van der Waals surface area contributed by atoms with Crippen LogP contribution in [0.4, 0.5) is 5.69 Å². The van der Waals surface area contributed by atoms with E-state index in [-0.39, 0.29) is 46.8 Å². The number of benzene rings is 2. The average molecular weight is 443 g/mol. The van der Waals surface area contributed by atoms with Crippen LogP contribution in [-0.2, 0) is 14.3 Å². The number of carbonyl (C=O) groups excluding carboxylic acids is 4. The van der Waals surface area contributed by atoms with E-state index >= 15 is 0 Å². The van der Waals surface area contributed by atoms with Gasteiger partial charge in [-0.3, -0.25) is 9.59 Å². The van der Waals surface area contributed by atoms with E-state index in [9.17, 15) is 19.2 Å². The van der Waals surface area contributed by atoms with Crippen LogP contribution in [0.25, 0.3) is 0 Å². The summed E-state index contributed by atoms with van der Waals surface area (Å²) in [6.45, 7) is 0. The molecule has 4 aliphatic carbocycles. The van der Waals surface area contributed by atoms with Crippen molar-refractivity contribution in [2.24, 2.45) is 35.5 Å². The summed E-state index contributed by atoms with van der Waals surface area (Å²) in [6, 6.07) is 12.4. The maximum absolute atomic E-state index is 13.3. The predicted molar refractivity (Wildman–Crippen MR) is 116 cm³/mol. The molecule has 0 N–H and O–H groups in total. The molecule has 0 radical (unpaired) electrons. The molecule has 2 aromatic rings. The maximum atomic E-state index is 13.3. The van der Waals surface area contributed by atoms with Crippen molar-refractivity contribution in [1.29, 1.82) is 0 Å². The maximum Gasteiger partial charge on any atom is 0.343 e. The zero-order valence-electron chi connectivity index (χ0n) is 17.8. The molecule has 0 unspecified atom stereocenters. The number of anilines is 1. The van der Waals surface area contributed by atoms with Crippen LogP contribution in [0, 0.1) is 35.5 Å². The Kier molecular flexibility index (Phi) is 4.30. The number of amides is 2. The molecule has 7 heteroatoms. The van der Waals surface area contributed by atoms with Gasteiger partial charge in [-0.25, -0.2) is 14.5 Å². The van der Waals surface area contributed by atoms with Gasteiger partial charge in [-0.2, -0.15) is 0 Å². The van der Waals surface area contributed by atoms with Crippen molar-refractivity contribution in [2.45, 2.75) is 6.42 Å². The van der Waals surface area contributed by atoms with Crippen molar-refractivity contribution in [3.63, 3.8) is 0 Å². The van der Waals surface area contributed by atoms with Gasteiger partial charge in [0.15, 0.2) is 0 Å². The number of allylic oxidation sites excluding steroid dienone is 2. The molecule has 2 aromatic carbocycles. The lowest BCUT2D eigenvalue weighted by Gasteiger charge is -2.37. The highest BCUT2D eigenvalue weighted by Crippen LogP contribution is 2.65. The lowest BCUT2D eigenvalue weighted by atomic mass is 9.63. The monoisotopic (exact) mass is 443 g/mol. The van der Waals surface area contributed by atoms with Crippen LogP contribution in [0.15, 0.2) is 60.7 Å². The Morgan fingerprint density at radius 2 is 1.48 bits per heavy atom. The lowest BCUT2D eigenvalue weighted by Crippen LogP contribution is -2.40. The summed E-state index contributed by atoms with van der Waals surface area (Å²) in [5.74, 6) is -0.407. The van der Waals surface area contributed by atoms with E-state index in [2.05, 4.69) is 16.9 Å². The Labute approximate surface area is 190 Å². The predicted octanol–water partition coefficient (Wildman–Crippen LogP) is 3.25. The Morgan fingerprint density at radius 1 is 0.848 bits per heavy atom. The molecule has 1 heterocycles. The first-order chi connectivity index (χ1) is 16.0. The molecule has 33 heavy (non-hydrogen) atoms. The molecular formula is C26H21NO6. The van der Waals surface area contributed by atoms with E-state index in [1.165, 1.54) is 42.3 Å². The van der Waals surface area contributed by atoms with Gasteiger partial charge in [0.2, 0.25) is 11.8 Å². The van der Waals surface area contributed by atoms with E-state index in [0.717, 1.165) is 6.42 Å². The minimum Gasteiger partial charge on any atom is -0.465 e. The third kappa shape index (κ3) is 2.95. The fourth-order valence-corrected chi connectivity index (χ4v) is 5.93. The molecular weight excluding hydrogens is 422 g/mol. The van der Waals surface area contributed by atoms with Crippen molar-refractivity contribution in [2.75, 3.05) is 12.0 Å². The highest BCUT2D eigenvalue weighted by molar-refractivity contribution is 6.23. The van der Waals surface area contributed by atoms with Crippen molar-refractivity contribution in [3.05, 3.63) is 71.8 Å². The third-order valence-electron chi connectivity index (χ3n) is 7.49. The van der Waals surface area contributed by atoms with Gasteiger partial charge in [-0.15, -0.1) is 0 Å². The Hall–Kier alpha value is -3.74. The molecule has 1 saturated heterocycles. The van der Waals surface area contributed by atoms with Crippen LogP contribution in [0.5, 0.6) is 5.75 Å². The Morgan fingerprint density at radius 3 is 2.09 bits per heavy atom. The molecule has 0 spiro atoms. The topological polar surface area (TPSA) is 90.0 Å². The first-order valence-electron chi connectivity index (χ1n) is 11.0. The molecule has 1 aliphatic heterocycles. The summed E-state index contributed by atoms with van der Waals surface area (Å²) in [5, 5.41) is 0. The SMILES string of the molecule is COC(=O)c1ccc(OC(=O)c2cccc(N3C(=O)[C@@H]4[C@H]5C=C[C@@H]([C@@H]6C[C@@H]56)[C@@H]4C3=O)c2)cc1. The first-order valence-corrected chi connectivity index (χ1v) is 11.0. The Bertz CT molecular complexity index is 1200. The molecule has 2 bridgehead atoms. The van der Waals surface area contributed by atoms with E-state index in [1.54, 1.807) is 18.2 Å². The molecule has 166 valence electrons. The van der Waals surface area contributed by atoms with Gasteiger partial charge in [-0.1, -0.05) is 18.2 Å². The molecule has 7 rings (SSSR count). The van der Waals surface area contributed by atoms with Crippen LogP contribution in [0.1, 0.15) is 27.1 Å². The summed E-state index contributed by atoms with van der Waals surface area (Å²) >= 11 is 0. The molecule has 0 aromatic heterocycles. The van der Waals surface area contributed by atoms with Crippen LogP contribution < -0.4 is 9.64 Å². The smallest absolute Gasteiger partial charge is 0.343 e. The number of hydrogen-bond acceptors (Lipinski definition) is 6. The Balaban J connectivity index is 1.23. The van der Waals surface area contributed by atoms with Gasteiger partial charge in [0.05, 0.1) is 35.8 Å². The highest BCUT2D eigenvalue weighted by Gasteiger charge is 2.67. The molecule has 5 aliphatic rings. The summed E-state index contributed by atoms with van der Waals surface area (Å²) in [6.07, 6.45) is 5.37. The number of carbonyl (C=O) groups is 4. The van der Waals surface area contributed by atoms with Gasteiger partial charge in [0, 0.05) is 0 Å². The first kappa shape index (κ1) is 19.9. The van der Waals surface area contributed by atoms with Gasteiger partial charge >= 0.3 is 11.9 Å². The summed E-state index contributed by atoms with van der Waals surface area (Å²) in [5.41, 5.74) is 0.958. The zero-order valence-corrected chi connectivity index (χ0v) is 17.8. The van der Waals surface area contributed by atoms with Gasteiger partial charge in [-0.05, 0) is 72.6 Å². The van der Waals surface area contributed by atoms with Crippen molar-refractivity contribution >= 4 is 29.4 Å². The van der Waals surface area contributed by atoms with E-state index < -0.39 is 11.9 Å². The van der Waals surface area contributed by atoms with Gasteiger partial charge in [0.25, 0.3) is 0 Å². The number of methoxy groups -OCH3 is 1. The molecule has 2 amide bonds. The van der Waals surface area contributed by atoms with Crippen molar-refractivity contribution < 1.29 is 28.7 Å². The van der Waals surface area contributed by atoms with E-state index in [1.807, 2.05) is 0 Å². The number of imide groups is 1. The number of ether oxygens (including phenoxy) is 2. The van der Waals surface area contributed by atoms with Crippen LogP contribution in [-0.4, -0.2) is 30.9 Å². The second-order valence-corrected chi connectivity index (χ2v) is 9.12. The largest absolute Gasteiger partial charge is 0.465 e. The molecule has 2 saturated carbocycles. The van der Waals surface area contributed by atoms with Crippen LogP contribution in [0.2, 0.25) is 0 Å². The summed E-state index contributed by atoms with van der Waals surface area (Å²) in [4.78, 5) is 52.1. The number of rotatable bonds is 4. The molecule has 7 nitrogen and oxygen atoms in total. The van der Waals surface area contributed by atoms with Crippen LogP contribution >= 0.6 is 0 Å². The quantitative estimate of drug-likeness (QED) is 0.312. The van der Waals surface area contributed by atoms with E-state index in [0.29, 0.717) is 23.1 Å². The standard InChI is InChI=1S/C26H21NO6/c1-32-25(30)13-5-7-16(8-6-13)33-26(31)14-3-2-4-15(11-14)27-23(28)21-17-9-10-18(20-12-19(17)20)22(21)24(27)29/h2-11,17-22H,12H2,1H3/t17-,18-,19-,20-,21-,22+/m0/s1. The highest BCUT2D eigenvalue weighted by atomic mass is 16.5. The zero-order chi connectivity index (χ0) is 22.9. The third-order valence-corrected chi connectivity index (χ3v) is 7.49. The fourth-order valence-electron chi connectivity index (χ4n) is 5.93. The number of esters is 2. The number of nitrogens with zero attached hydrogens (tertiary/aromatic N) is 1. The van der Waals surface area contributed by atoms with Gasteiger partial charge < -0.3 is 9.47 Å². The molecule has 3 fully saturated rings. The second-order valence-electron chi connectivity index (χ2n) is 9.12. The molecule has 6 atom stereocenters. The second kappa shape index (κ2) is 7.13. The van der Waals surface area contributed by atoms with Crippen LogP contribution in [0.3, 0.4) is 0 Å². The summed E-state index contributed by atoms with van der Waals surface area (Å²) < 4.78 is 10.1. The number of hydrogen-bond donors (Lipinski definition) is 0. The minimum absolute atomic E-state index is 0.146. The lowest BCUT2D eigenvalue weighted by molar-refractivity contribution is -0.124. The average Bonchev–Trinajstić information content (AvgIpc) is 3.62. The van der Waals surface area contributed by atoms with E-state index in [4.69, 9.17) is 4.74 Å². The van der Waals surface area contributed by atoms with Crippen molar-refractivity contribution in [1.82, 2.24) is 0 Å². The minimum atomic E-state index is -0.623. The normalized spacial score (nSPS) is 30.6. The van der Waals surface area contributed by atoms with Gasteiger partial charge in [0.1, 0.15) is 5.75 Å². The summed E-state index contributed by atoms with van der Waals surface area (Å²) in [7, 11) is 1.29.